The highest BCUT2D eigenvalue weighted by Gasteiger charge is 2.19. The number of aromatic amines is 2. The fraction of sp³-hybridized carbons (Fsp3) is 0.455. The lowest BCUT2D eigenvalue weighted by molar-refractivity contribution is -0.148. The lowest BCUT2D eigenvalue weighted by Crippen LogP contribution is -2.46. The zero-order valence-electron chi connectivity index (χ0n) is 10.5. The van der Waals surface area contributed by atoms with Crippen LogP contribution in [0.3, 0.4) is 0 Å². The van der Waals surface area contributed by atoms with E-state index in [1.807, 2.05) is 16.9 Å². The average molecular weight is 269 g/mol. The maximum atomic E-state index is 11.6. The molecule has 1 aromatic heterocycles. The lowest BCUT2D eigenvalue weighted by Gasteiger charge is -2.17. The first kappa shape index (κ1) is 14.7. The minimum Gasteiger partial charge on any atom is -0.438 e. The largest absolute Gasteiger partial charge is 0.438 e. The molecule has 1 rings (SSSR count). The van der Waals surface area contributed by atoms with Gasteiger partial charge in [0.2, 0.25) is 0 Å². The second kappa shape index (κ2) is 6.53. The number of hydrogen-bond acceptors (Lipinski definition) is 5. The molecule has 2 N–H and O–H groups in total. The van der Waals surface area contributed by atoms with Crippen molar-refractivity contribution in [3.63, 3.8) is 0 Å². The Morgan fingerprint density at radius 1 is 1.37 bits per heavy atom. The van der Waals surface area contributed by atoms with Crippen molar-refractivity contribution >= 4 is 5.97 Å². The summed E-state index contributed by atoms with van der Waals surface area (Å²) in [5.74, 6) is -0.751. The standard InChI is InChI=1S/C11H15N3O5/c1-3-5-6-7(19-8(15)4-2)14-10(17)12-9(16)13-11(14)18/h4,7H,2-3,5-6H2,1H3,(H2,12,13,16,17,18). The predicted octanol–water partition coefficient (Wildman–Crippen LogP) is -0.357. The monoisotopic (exact) mass is 269 g/mol. The third-order valence-corrected chi connectivity index (χ3v) is 2.39. The van der Waals surface area contributed by atoms with Crippen molar-refractivity contribution in [2.45, 2.75) is 32.4 Å². The van der Waals surface area contributed by atoms with Gasteiger partial charge in [0.15, 0.2) is 6.23 Å². The number of nitrogens with zero attached hydrogens (tertiary/aromatic N) is 1. The van der Waals surface area contributed by atoms with E-state index in [1.165, 1.54) is 0 Å². The van der Waals surface area contributed by atoms with Crippen molar-refractivity contribution in [2.75, 3.05) is 0 Å². The van der Waals surface area contributed by atoms with E-state index in [0.717, 1.165) is 12.5 Å². The third kappa shape index (κ3) is 3.80. The summed E-state index contributed by atoms with van der Waals surface area (Å²) in [5.41, 5.74) is -2.76. The number of esters is 1. The van der Waals surface area contributed by atoms with E-state index in [0.29, 0.717) is 11.0 Å². The molecule has 0 saturated heterocycles. The van der Waals surface area contributed by atoms with Gasteiger partial charge in [-0.2, -0.15) is 0 Å². The molecule has 0 amide bonds. The van der Waals surface area contributed by atoms with Crippen LogP contribution in [0.25, 0.3) is 0 Å². The Bertz CT molecular complexity index is 590. The number of carbonyl (C=O) groups excluding carboxylic acids is 1. The molecule has 1 unspecified atom stereocenters. The molecule has 104 valence electrons. The van der Waals surface area contributed by atoms with E-state index in [2.05, 4.69) is 6.58 Å². The van der Waals surface area contributed by atoms with E-state index in [-0.39, 0.29) is 6.42 Å². The molecule has 0 saturated carbocycles. The van der Waals surface area contributed by atoms with Gasteiger partial charge in [-0.3, -0.25) is 9.97 Å². The first-order chi connectivity index (χ1) is 8.99. The molecule has 0 radical (unpaired) electrons. The zero-order chi connectivity index (χ0) is 14.4. The molecule has 0 spiro atoms. The van der Waals surface area contributed by atoms with Gasteiger partial charge in [0.25, 0.3) is 0 Å². The average Bonchev–Trinajstić information content (AvgIpc) is 2.34. The summed E-state index contributed by atoms with van der Waals surface area (Å²) >= 11 is 0. The Morgan fingerprint density at radius 3 is 2.42 bits per heavy atom. The Morgan fingerprint density at radius 2 is 1.95 bits per heavy atom. The fourth-order valence-corrected chi connectivity index (χ4v) is 1.50. The van der Waals surface area contributed by atoms with Crippen LogP contribution in [-0.2, 0) is 9.53 Å². The smallest absolute Gasteiger partial charge is 0.336 e. The molecule has 0 aliphatic rings. The molecular formula is C11H15N3O5. The van der Waals surface area contributed by atoms with Gasteiger partial charge in [0.05, 0.1) is 0 Å². The van der Waals surface area contributed by atoms with Gasteiger partial charge in [-0.25, -0.2) is 23.7 Å². The summed E-state index contributed by atoms with van der Waals surface area (Å²) in [6, 6.07) is 0. The van der Waals surface area contributed by atoms with Crippen molar-refractivity contribution in [1.29, 1.82) is 0 Å². The van der Waals surface area contributed by atoms with E-state index >= 15 is 0 Å². The van der Waals surface area contributed by atoms with Crippen LogP contribution in [0.1, 0.15) is 32.4 Å². The summed E-state index contributed by atoms with van der Waals surface area (Å²) in [6.45, 7) is 5.15. The second-order valence-electron chi connectivity index (χ2n) is 3.80. The van der Waals surface area contributed by atoms with Crippen LogP contribution in [0.2, 0.25) is 0 Å². The Kier molecular flexibility index (Phi) is 5.04. The van der Waals surface area contributed by atoms with Gasteiger partial charge in [-0.05, 0) is 6.42 Å². The SMILES string of the molecule is C=CC(=O)OC(CCCC)n1c(=O)[nH]c(=O)[nH]c1=O. The zero-order valence-corrected chi connectivity index (χ0v) is 10.5. The van der Waals surface area contributed by atoms with Crippen molar-refractivity contribution < 1.29 is 9.53 Å². The van der Waals surface area contributed by atoms with Crippen LogP contribution >= 0.6 is 0 Å². The van der Waals surface area contributed by atoms with Crippen LogP contribution in [0, 0.1) is 0 Å². The van der Waals surface area contributed by atoms with Gasteiger partial charge < -0.3 is 4.74 Å². The van der Waals surface area contributed by atoms with Gasteiger partial charge >= 0.3 is 23.0 Å². The van der Waals surface area contributed by atoms with Gasteiger partial charge in [0.1, 0.15) is 0 Å². The van der Waals surface area contributed by atoms with E-state index < -0.39 is 29.3 Å². The predicted molar refractivity (Wildman–Crippen MR) is 66.8 cm³/mol. The number of rotatable bonds is 6. The molecule has 19 heavy (non-hydrogen) atoms. The van der Waals surface area contributed by atoms with Crippen LogP contribution < -0.4 is 17.1 Å². The lowest BCUT2D eigenvalue weighted by atomic mass is 10.2. The first-order valence-corrected chi connectivity index (χ1v) is 5.77. The second-order valence-corrected chi connectivity index (χ2v) is 3.80. The number of carbonyl (C=O) groups is 1. The van der Waals surface area contributed by atoms with Crippen molar-refractivity contribution in [2.24, 2.45) is 0 Å². The van der Waals surface area contributed by atoms with E-state index in [1.54, 1.807) is 0 Å². The highest BCUT2D eigenvalue weighted by Crippen LogP contribution is 2.13. The fourth-order valence-electron chi connectivity index (χ4n) is 1.50. The summed E-state index contributed by atoms with van der Waals surface area (Å²) in [5, 5.41) is 0. The van der Waals surface area contributed by atoms with Crippen LogP contribution in [0.5, 0.6) is 0 Å². The van der Waals surface area contributed by atoms with E-state index in [9.17, 15) is 19.2 Å². The van der Waals surface area contributed by atoms with Crippen LogP contribution in [-0.4, -0.2) is 20.5 Å². The molecule has 0 aromatic carbocycles. The van der Waals surface area contributed by atoms with Crippen molar-refractivity contribution in [3.05, 3.63) is 44.1 Å². The van der Waals surface area contributed by atoms with Crippen molar-refractivity contribution in [3.8, 4) is 0 Å². The minimum absolute atomic E-state index is 0.283. The van der Waals surface area contributed by atoms with Crippen LogP contribution in [0.15, 0.2) is 27.0 Å². The number of unbranched alkanes of at least 4 members (excludes halogenated alkanes) is 1. The van der Waals surface area contributed by atoms with Gasteiger partial charge in [0, 0.05) is 12.5 Å². The molecule has 8 heteroatoms. The number of hydrogen-bond donors (Lipinski definition) is 2. The normalized spacial score (nSPS) is 11.8. The molecule has 1 heterocycles. The first-order valence-electron chi connectivity index (χ1n) is 5.77. The van der Waals surface area contributed by atoms with Crippen LogP contribution in [0.4, 0.5) is 0 Å². The number of ether oxygens (including phenoxy) is 1. The summed E-state index contributed by atoms with van der Waals surface area (Å²) in [4.78, 5) is 49.2. The topological polar surface area (TPSA) is 114 Å². The molecule has 0 bridgehead atoms. The molecule has 0 fully saturated rings. The van der Waals surface area contributed by atoms with Gasteiger partial charge in [-0.15, -0.1) is 0 Å². The summed E-state index contributed by atoms with van der Waals surface area (Å²) in [6.07, 6.45) is 1.58. The number of nitrogens with one attached hydrogen (secondary N) is 2. The summed E-state index contributed by atoms with van der Waals surface area (Å²) in [7, 11) is 0. The third-order valence-electron chi connectivity index (χ3n) is 2.39. The quantitative estimate of drug-likeness (QED) is 0.541. The molecule has 1 atom stereocenters. The number of H-pyrrole nitrogens is 2. The van der Waals surface area contributed by atoms with Gasteiger partial charge in [-0.1, -0.05) is 19.9 Å². The maximum Gasteiger partial charge on any atom is 0.336 e. The molecule has 0 aliphatic heterocycles. The molecule has 8 nitrogen and oxygen atoms in total. The molecule has 1 aromatic rings. The Hall–Kier alpha value is -2.38. The maximum absolute atomic E-state index is 11.6. The van der Waals surface area contributed by atoms with Crippen molar-refractivity contribution in [1.82, 2.24) is 14.5 Å². The molecule has 0 aliphatic carbocycles. The highest BCUT2D eigenvalue weighted by molar-refractivity contribution is 5.81. The summed E-state index contributed by atoms with van der Waals surface area (Å²) < 4.78 is 5.62. The Balaban J connectivity index is 3.20. The molecular weight excluding hydrogens is 254 g/mol. The van der Waals surface area contributed by atoms with E-state index in [4.69, 9.17) is 4.74 Å². The minimum atomic E-state index is -1.07. The highest BCUT2D eigenvalue weighted by atomic mass is 16.6. The number of aromatic nitrogens is 3. The Labute approximate surface area is 107 Å².